The van der Waals surface area contributed by atoms with Gasteiger partial charge in [0, 0.05) is 6.20 Å². The number of nitrogens with zero attached hydrogens (tertiary/aromatic N) is 3. The molecule has 0 unspecified atom stereocenters. The first kappa shape index (κ1) is 6.15. The van der Waals surface area contributed by atoms with Gasteiger partial charge in [-0.25, -0.2) is 9.97 Å². The van der Waals surface area contributed by atoms with Gasteiger partial charge in [0.25, 0.3) is 0 Å². The van der Waals surface area contributed by atoms with Crippen molar-refractivity contribution in [3.05, 3.63) is 24.3 Å². The second-order valence-corrected chi connectivity index (χ2v) is 2.39. The number of imidazole rings is 1. The van der Waals surface area contributed by atoms with E-state index in [0.29, 0.717) is 0 Å². The smallest absolute Gasteiger partial charge is 0.228 e. The molecule has 0 saturated heterocycles. The van der Waals surface area contributed by atoms with Gasteiger partial charge >= 0.3 is 0 Å². The van der Waals surface area contributed by atoms with E-state index in [1.165, 1.54) is 12.4 Å². The third-order valence-corrected chi connectivity index (χ3v) is 1.45. The Bertz CT molecular complexity index is 393. The van der Waals surface area contributed by atoms with Crippen molar-refractivity contribution in [3.63, 3.8) is 0 Å². The van der Waals surface area contributed by atoms with Crippen molar-refractivity contribution >= 4 is 5.65 Å². The summed E-state index contributed by atoms with van der Waals surface area (Å²) in [7, 11) is 0. The number of aryl methyl sites for hydroxylation is 1. The Hall–Kier alpha value is -1.58. The van der Waals surface area contributed by atoms with Gasteiger partial charge in [-0.2, -0.15) is 0 Å². The number of rotatable bonds is 0. The first-order valence-corrected chi connectivity index (χ1v) is 3.26. The quantitative estimate of drug-likeness (QED) is 0.601. The minimum absolute atomic E-state index is 0.00917. The van der Waals surface area contributed by atoms with E-state index >= 15 is 0 Å². The molecule has 0 aromatic carbocycles. The summed E-state index contributed by atoms with van der Waals surface area (Å²) < 4.78 is 1.73. The summed E-state index contributed by atoms with van der Waals surface area (Å²) in [4.78, 5) is 7.84. The van der Waals surface area contributed by atoms with Gasteiger partial charge in [-0.1, -0.05) is 0 Å². The van der Waals surface area contributed by atoms with Crippen molar-refractivity contribution in [3.8, 4) is 5.88 Å². The zero-order chi connectivity index (χ0) is 7.84. The molecule has 2 heterocycles. The molecule has 11 heavy (non-hydrogen) atoms. The zero-order valence-electron chi connectivity index (χ0n) is 6.02. The van der Waals surface area contributed by atoms with Crippen molar-refractivity contribution in [1.82, 2.24) is 14.4 Å². The lowest BCUT2D eigenvalue weighted by Crippen LogP contribution is -1.83. The molecule has 0 atom stereocenters. The van der Waals surface area contributed by atoms with Crippen LogP contribution in [0.15, 0.2) is 18.6 Å². The maximum atomic E-state index is 8.98. The molecule has 0 bridgehead atoms. The van der Waals surface area contributed by atoms with Crippen molar-refractivity contribution in [2.24, 2.45) is 0 Å². The van der Waals surface area contributed by atoms with E-state index in [1.54, 1.807) is 4.40 Å². The van der Waals surface area contributed by atoms with E-state index in [0.717, 1.165) is 11.3 Å². The number of hydrogen-bond acceptors (Lipinski definition) is 3. The number of fused-ring (bicyclic) bond motifs is 1. The van der Waals surface area contributed by atoms with Gasteiger partial charge in [0.05, 0.1) is 18.1 Å². The van der Waals surface area contributed by atoms with E-state index in [-0.39, 0.29) is 5.88 Å². The van der Waals surface area contributed by atoms with Crippen LogP contribution in [0.1, 0.15) is 5.69 Å². The fraction of sp³-hybridized carbons (Fsp3) is 0.143. The van der Waals surface area contributed by atoms with Crippen LogP contribution in [-0.4, -0.2) is 19.5 Å². The molecule has 0 radical (unpaired) electrons. The van der Waals surface area contributed by atoms with Crippen molar-refractivity contribution in [2.45, 2.75) is 6.92 Å². The highest BCUT2D eigenvalue weighted by Crippen LogP contribution is 2.07. The summed E-state index contributed by atoms with van der Waals surface area (Å²) in [5.74, 6) is 0.00917. The lowest BCUT2D eigenvalue weighted by atomic mass is 10.6. The van der Waals surface area contributed by atoms with Crippen LogP contribution in [0, 0.1) is 6.92 Å². The van der Waals surface area contributed by atoms with Crippen LogP contribution in [-0.2, 0) is 0 Å². The maximum absolute atomic E-state index is 8.98. The SMILES string of the molecule is Cc1cn2cc(O)ncc2n1. The summed E-state index contributed by atoms with van der Waals surface area (Å²) in [6.45, 7) is 1.89. The highest BCUT2D eigenvalue weighted by atomic mass is 16.3. The molecule has 0 spiro atoms. The molecule has 0 fully saturated rings. The summed E-state index contributed by atoms with van der Waals surface area (Å²) >= 11 is 0. The average Bonchev–Trinajstić information content (AvgIpc) is 2.27. The summed E-state index contributed by atoms with van der Waals surface area (Å²) in [6, 6.07) is 0. The molecule has 0 aliphatic heterocycles. The van der Waals surface area contributed by atoms with Crippen LogP contribution in [0.25, 0.3) is 5.65 Å². The van der Waals surface area contributed by atoms with Crippen LogP contribution in [0.5, 0.6) is 5.88 Å². The highest BCUT2D eigenvalue weighted by molar-refractivity contribution is 5.37. The molecule has 0 saturated carbocycles. The van der Waals surface area contributed by atoms with E-state index in [9.17, 15) is 0 Å². The lowest BCUT2D eigenvalue weighted by molar-refractivity contribution is 0.450. The van der Waals surface area contributed by atoms with Crippen LogP contribution in [0.3, 0.4) is 0 Å². The molecule has 2 aromatic rings. The van der Waals surface area contributed by atoms with Crippen LogP contribution in [0.4, 0.5) is 0 Å². The van der Waals surface area contributed by atoms with Crippen LogP contribution in [0.2, 0.25) is 0 Å². The molecular weight excluding hydrogens is 142 g/mol. The predicted octanol–water partition coefficient (Wildman–Crippen LogP) is 0.743. The largest absolute Gasteiger partial charge is 0.492 e. The summed E-state index contributed by atoms with van der Waals surface area (Å²) in [5.41, 5.74) is 1.66. The average molecular weight is 149 g/mol. The molecule has 4 nitrogen and oxygen atoms in total. The van der Waals surface area contributed by atoms with E-state index < -0.39 is 0 Å². The molecule has 2 aromatic heterocycles. The Morgan fingerprint density at radius 2 is 2.27 bits per heavy atom. The van der Waals surface area contributed by atoms with Crippen molar-refractivity contribution in [1.29, 1.82) is 0 Å². The highest BCUT2D eigenvalue weighted by Gasteiger charge is 1.97. The van der Waals surface area contributed by atoms with E-state index in [1.807, 2.05) is 13.1 Å². The molecular formula is C7H7N3O. The normalized spacial score (nSPS) is 10.6. The molecule has 4 heteroatoms. The summed E-state index contributed by atoms with van der Waals surface area (Å²) in [6.07, 6.45) is 4.88. The molecule has 1 N–H and O–H groups in total. The third-order valence-electron chi connectivity index (χ3n) is 1.45. The molecule has 0 aliphatic carbocycles. The Labute approximate surface area is 63.1 Å². The predicted molar refractivity (Wildman–Crippen MR) is 39.4 cm³/mol. The van der Waals surface area contributed by atoms with Gasteiger partial charge in [-0.15, -0.1) is 0 Å². The van der Waals surface area contributed by atoms with Crippen LogP contribution >= 0.6 is 0 Å². The first-order valence-electron chi connectivity index (χ1n) is 3.26. The number of aromatic nitrogens is 3. The fourth-order valence-corrected chi connectivity index (χ4v) is 1.02. The van der Waals surface area contributed by atoms with Gasteiger partial charge in [-0.3, -0.25) is 0 Å². The minimum Gasteiger partial charge on any atom is -0.492 e. The summed E-state index contributed by atoms with van der Waals surface area (Å²) in [5, 5.41) is 8.98. The van der Waals surface area contributed by atoms with Crippen molar-refractivity contribution in [2.75, 3.05) is 0 Å². The fourth-order valence-electron chi connectivity index (χ4n) is 1.02. The molecule has 2 rings (SSSR count). The van der Waals surface area contributed by atoms with Gasteiger partial charge in [0.1, 0.15) is 0 Å². The zero-order valence-corrected chi connectivity index (χ0v) is 6.02. The maximum Gasteiger partial charge on any atom is 0.228 e. The van der Waals surface area contributed by atoms with Gasteiger partial charge in [-0.05, 0) is 6.92 Å². The van der Waals surface area contributed by atoms with Gasteiger partial charge < -0.3 is 9.51 Å². The topological polar surface area (TPSA) is 50.4 Å². The molecule has 0 amide bonds. The van der Waals surface area contributed by atoms with Gasteiger partial charge in [0.2, 0.25) is 5.88 Å². The van der Waals surface area contributed by atoms with E-state index in [4.69, 9.17) is 5.11 Å². The van der Waals surface area contributed by atoms with Gasteiger partial charge in [0.15, 0.2) is 5.65 Å². The minimum atomic E-state index is 0.00917. The monoisotopic (exact) mass is 149 g/mol. The second kappa shape index (κ2) is 1.95. The standard InChI is InChI=1S/C7H7N3O/c1-5-3-10-4-7(11)8-2-6(10)9-5/h2-4,11H,1H3. The Kier molecular flexibility index (Phi) is 1.09. The van der Waals surface area contributed by atoms with Crippen LogP contribution < -0.4 is 0 Å². The Morgan fingerprint density at radius 3 is 3.09 bits per heavy atom. The lowest BCUT2D eigenvalue weighted by Gasteiger charge is -1.91. The second-order valence-electron chi connectivity index (χ2n) is 2.39. The Morgan fingerprint density at radius 1 is 1.45 bits per heavy atom. The molecule has 0 aliphatic rings. The number of hydrogen-bond donors (Lipinski definition) is 1. The van der Waals surface area contributed by atoms with E-state index in [2.05, 4.69) is 9.97 Å². The Balaban J connectivity index is 2.82. The first-order chi connectivity index (χ1) is 5.25. The number of aromatic hydroxyl groups is 1. The molecule has 56 valence electrons. The van der Waals surface area contributed by atoms with Crippen molar-refractivity contribution < 1.29 is 5.11 Å². The third kappa shape index (κ3) is 0.920.